The van der Waals surface area contributed by atoms with Crippen LogP contribution in [-0.4, -0.2) is 24.0 Å². The van der Waals surface area contributed by atoms with E-state index in [4.69, 9.17) is 5.11 Å². The van der Waals surface area contributed by atoms with Gasteiger partial charge in [0.15, 0.2) is 0 Å². The molecule has 1 saturated heterocycles. The Balaban J connectivity index is 2.38. The van der Waals surface area contributed by atoms with Crippen LogP contribution in [0.2, 0.25) is 0 Å². The van der Waals surface area contributed by atoms with E-state index in [-0.39, 0.29) is 24.8 Å². The van der Waals surface area contributed by atoms with Crippen molar-refractivity contribution in [3.05, 3.63) is 0 Å². The maximum absolute atomic E-state index is 10.9. The van der Waals surface area contributed by atoms with Crippen LogP contribution in [0.3, 0.4) is 0 Å². The van der Waals surface area contributed by atoms with Gasteiger partial charge in [0.1, 0.15) is 0 Å². The van der Waals surface area contributed by atoms with Crippen molar-refractivity contribution in [3.8, 4) is 0 Å². The van der Waals surface area contributed by atoms with Gasteiger partial charge in [-0.05, 0) is 31.1 Å². The molecule has 1 rings (SSSR count). The quantitative estimate of drug-likeness (QED) is 0.554. The van der Waals surface area contributed by atoms with Crippen molar-refractivity contribution in [3.63, 3.8) is 0 Å². The van der Waals surface area contributed by atoms with E-state index in [1.807, 2.05) is 0 Å². The fraction of sp³-hybridized carbons (Fsp3) is 1.00. The average Bonchev–Trinajstić information content (AvgIpc) is 1.88. The molecule has 1 aliphatic rings. The zero-order valence-corrected chi connectivity index (χ0v) is 6.72. The Morgan fingerprint density at radius 2 is 2.00 bits per heavy atom. The molecule has 1 N–H and O–H groups in total. The molecular weight excluding hydrogens is 151 g/mol. The summed E-state index contributed by atoms with van der Waals surface area (Å²) in [5.74, 6) is 0.232. The number of aliphatic hydroxyl groups is 1. The monoisotopic (exact) mass is 163 g/mol. The van der Waals surface area contributed by atoms with Crippen LogP contribution >= 0.6 is 7.37 Å². The first-order valence-corrected chi connectivity index (χ1v) is 5.53. The highest BCUT2D eigenvalue weighted by Gasteiger charge is 2.20. The van der Waals surface area contributed by atoms with Crippen molar-refractivity contribution in [2.24, 2.45) is 5.92 Å². The van der Waals surface area contributed by atoms with Crippen LogP contribution in [-0.2, 0) is 4.57 Å². The maximum atomic E-state index is 10.9. The van der Waals surface area contributed by atoms with Gasteiger partial charge in [0, 0.05) is 14.0 Å². The summed E-state index contributed by atoms with van der Waals surface area (Å²) in [5, 5.41) is 8.67. The van der Waals surface area contributed by atoms with E-state index in [0.717, 1.165) is 0 Å². The highest BCUT2D eigenvalue weighted by atomic mass is 31.2. The molecule has 1 aliphatic heterocycles. The molecule has 0 aromatic carbocycles. The van der Waals surface area contributed by atoms with Gasteiger partial charge in [0.2, 0.25) is 0 Å². The number of hydrogen-bond acceptors (Lipinski definition) is 3. The van der Waals surface area contributed by atoms with Gasteiger partial charge in [-0.25, -0.2) is 0 Å². The highest BCUT2D eigenvalue weighted by molar-refractivity contribution is 7.56. The molecule has 60 valence electrons. The van der Waals surface area contributed by atoms with E-state index in [1.54, 1.807) is 0 Å². The third kappa shape index (κ3) is 2.08. The molecule has 0 aliphatic carbocycles. The van der Waals surface area contributed by atoms with Crippen molar-refractivity contribution >= 4 is 7.37 Å². The standard InChI is InChI=1S/C6H13O3P/c7-5-6-1-3-10(8,9)4-2-6/h6-7H,1-5H2,(H,8,9)/p-1. The molecule has 1 fully saturated rings. The molecule has 0 bridgehead atoms. The first kappa shape index (κ1) is 8.25. The van der Waals surface area contributed by atoms with Crippen LogP contribution in [0.4, 0.5) is 0 Å². The van der Waals surface area contributed by atoms with E-state index in [1.165, 1.54) is 0 Å². The number of hydrogen-bond donors (Lipinski definition) is 1. The first-order chi connectivity index (χ1) is 4.64. The van der Waals surface area contributed by atoms with Gasteiger partial charge in [-0.15, -0.1) is 0 Å². The molecule has 0 spiro atoms. The Labute approximate surface area is 60.5 Å². The molecular formula is C6H12O3P-. The topological polar surface area (TPSA) is 60.4 Å². The lowest BCUT2D eigenvalue weighted by atomic mass is 10.1. The summed E-state index contributed by atoms with van der Waals surface area (Å²) in [7, 11) is -3.00. The SMILES string of the molecule is O=P1([O-])CCC(CO)CC1. The summed E-state index contributed by atoms with van der Waals surface area (Å²) < 4.78 is 10.9. The van der Waals surface area contributed by atoms with Crippen LogP contribution in [0, 0.1) is 5.92 Å². The minimum Gasteiger partial charge on any atom is -0.799 e. The summed E-state index contributed by atoms with van der Waals surface area (Å²) >= 11 is 0. The number of aliphatic hydroxyl groups excluding tert-OH is 1. The van der Waals surface area contributed by atoms with Gasteiger partial charge in [0.05, 0.1) is 0 Å². The molecule has 0 radical (unpaired) electrons. The minimum absolute atomic E-state index is 0.139. The summed E-state index contributed by atoms with van der Waals surface area (Å²) in [6.07, 6.45) is 1.88. The van der Waals surface area contributed by atoms with Crippen LogP contribution < -0.4 is 4.89 Å². The van der Waals surface area contributed by atoms with E-state index in [2.05, 4.69) is 0 Å². The molecule has 0 amide bonds. The lowest BCUT2D eigenvalue weighted by Crippen LogP contribution is -2.21. The Kier molecular flexibility index (Phi) is 2.50. The predicted molar refractivity (Wildman–Crippen MR) is 37.2 cm³/mol. The van der Waals surface area contributed by atoms with Crippen molar-refractivity contribution in [1.29, 1.82) is 0 Å². The summed E-state index contributed by atoms with van der Waals surface area (Å²) in [6.45, 7) is 0.139. The van der Waals surface area contributed by atoms with Gasteiger partial charge in [-0.3, -0.25) is 0 Å². The van der Waals surface area contributed by atoms with Gasteiger partial charge >= 0.3 is 0 Å². The molecule has 10 heavy (non-hydrogen) atoms. The van der Waals surface area contributed by atoms with Crippen LogP contribution in [0.5, 0.6) is 0 Å². The smallest absolute Gasteiger partial charge is 0.0459 e. The Morgan fingerprint density at radius 1 is 1.50 bits per heavy atom. The van der Waals surface area contributed by atoms with E-state index in [9.17, 15) is 9.46 Å². The fourth-order valence-corrected chi connectivity index (χ4v) is 2.94. The Morgan fingerprint density at radius 3 is 2.40 bits per heavy atom. The minimum atomic E-state index is -3.00. The average molecular weight is 163 g/mol. The second-order valence-corrected chi connectivity index (χ2v) is 5.41. The first-order valence-electron chi connectivity index (χ1n) is 3.54. The molecule has 1 heterocycles. The van der Waals surface area contributed by atoms with Gasteiger partial charge in [-0.2, -0.15) is 0 Å². The van der Waals surface area contributed by atoms with E-state index < -0.39 is 7.37 Å². The third-order valence-corrected chi connectivity index (χ3v) is 3.89. The lowest BCUT2D eigenvalue weighted by molar-refractivity contribution is -0.176. The Hall–Kier alpha value is 0.150. The summed E-state index contributed by atoms with van der Waals surface area (Å²) in [4.78, 5) is 10.9. The largest absolute Gasteiger partial charge is 0.799 e. The summed E-state index contributed by atoms with van der Waals surface area (Å²) in [6, 6.07) is 0. The van der Waals surface area contributed by atoms with Gasteiger partial charge in [-0.1, -0.05) is 0 Å². The third-order valence-electron chi connectivity index (χ3n) is 2.01. The number of rotatable bonds is 1. The van der Waals surface area contributed by atoms with Crippen LogP contribution in [0.25, 0.3) is 0 Å². The van der Waals surface area contributed by atoms with Crippen LogP contribution in [0.15, 0.2) is 0 Å². The molecule has 0 saturated carbocycles. The van der Waals surface area contributed by atoms with Crippen molar-refractivity contribution in [2.75, 3.05) is 18.9 Å². The molecule has 0 aromatic rings. The van der Waals surface area contributed by atoms with Crippen molar-refractivity contribution in [1.82, 2.24) is 0 Å². The normalized spacial score (nSPS) is 41.6. The second-order valence-electron chi connectivity index (χ2n) is 2.89. The second kappa shape index (κ2) is 3.04. The van der Waals surface area contributed by atoms with Gasteiger partial charge < -0.3 is 14.6 Å². The highest BCUT2D eigenvalue weighted by Crippen LogP contribution is 2.43. The van der Waals surface area contributed by atoms with E-state index in [0.29, 0.717) is 12.8 Å². The molecule has 0 atom stereocenters. The lowest BCUT2D eigenvalue weighted by Gasteiger charge is -2.31. The van der Waals surface area contributed by atoms with Gasteiger partial charge in [0.25, 0.3) is 0 Å². The summed E-state index contributed by atoms with van der Waals surface area (Å²) in [5.41, 5.74) is 0. The molecule has 0 unspecified atom stereocenters. The van der Waals surface area contributed by atoms with E-state index >= 15 is 0 Å². The predicted octanol–water partition coefficient (Wildman–Crippen LogP) is 0.0271. The molecule has 4 heteroatoms. The molecule has 3 nitrogen and oxygen atoms in total. The van der Waals surface area contributed by atoms with Crippen molar-refractivity contribution in [2.45, 2.75) is 12.8 Å². The fourth-order valence-electron chi connectivity index (χ4n) is 1.20. The zero-order chi connectivity index (χ0) is 7.61. The van der Waals surface area contributed by atoms with Crippen LogP contribution in [0.1, 0.15) is 12.8 Å². The van der Waals surface area contributed by atoms with Crippen molar-refractivity contribution < 1.29 is 14.6 Å². The maximum Gasteiger partial charge on any atom is 0.0459 e. The molecule has 0 aromatic heterocycles. The Bertz CT molecular complexity index is 145. The zero-order valence-electron chi connectivity index (χ0n) is 5.82.